The summed E-state index contributed by atoms with van der Waals surface area (Å²) in [5.41, 5.74) is 3.26. The molecule has 0 spiro atoms. The number of carbonyl (C=O) groups is 1. The number of benzene rings is 1. The highest BCUT2D eigenvalue weighted by Gasteiger charge is 2.09. The molecule has 0 radical (unpaired) electrons. The summed E-state index contributed by atoms with van der Waals surface area (Å²) in [7, 11) is 0. The second-order valence-corrected chi connectivity index (χ2v) is 7.23. The number of anilines is 1. The molecule has 6 nitrogen and oxygen atoms in total. The summed E-state index contributed by atoms with van der Waals surface area (Å²) < 4.78 is 3.44. The van der Waals surface area contributed by atoms with Gasteiger partial charge in [-0.2, -0.15) is 10.2 Å². The highest BCUT2D eigenvalue weighted by atomic mass is 32.1. The van der Waals surface area contributed by atoms with E-state index < -0.39 is 0 Å². The van der Waals surface area contributed by atoms with Gasteiger partial charge in [-0.1, -0.05) is 30.3 Å². The van der Waals surface area contributed by atoms with Crippen LogP contribution in [0.2, 0.25) is 0 Å². The van der Waals surface area contributed by atoms with Gasteiger partial charge < -0.3 is 5.32 Å². The fraction of sp³-hybridized carbons (Fsp3) is 0.150. The fourth-order valence-electron chi connectivity index (χ4n) is 2.76. The van der Waals surface area contributed by atoms with E-state index in [0.717, 1.165) is 16.1 Å². The second-order valence-electron chi connectivity index (χ2n) is 6.32. The summed E-state index contributed by atoms with van der Waals surface area (Å²) in [5, 5.41) is 13.8. The van der Waals surface area contributed by atoms with E-state index in [2.05, 4.69) is 33.9 Å². The van der Waals surface area contributed by atoms with E-state index in [1.807, 2.05) is 48.8 Å². The second kappa shape index (κ2) is 7.59. The van der Waals surface area contributed by atoms with Crippen LogP contribution in [0.4, 0.5) is 5.82 Å². The summed E-state index contributed by atoms with van der Waals surface area (Å²) in [5.74, 6) is 0.383. The predicted octanol–water partition coefficient (Wildman–Crippen LogP) is 3.80. The Morgan fingerprint density at radius 1 is 1.07 bits per heavy atom. The van der Waals surface area contributed by atoms with Gasteiger partial charge in [-0.15, -0.1) is 11.3 Å². The monoisotopic (exact) mass is 377 g/mol. The summed E-state index contributed by atoms with van der Waals surface area (Å²) >= 11 is 1.65. The van der Waals surface area contributed by atoms with Crippen LogP contribution in [-0.2, 0) is 17.9 Å². The van der Waals surface area contributed by atoms with Crippen molar-refractivity contribution in [2.45, 2.75) is 20.0 Å². The van der Waals surface area contributed by atoms with Crippen molar-refractivity contribution in [3.8, 4) is 10.6 Å². The average Bonchev–Trinajstić information content (AvgIpc) is 3.38. The Morgan fingerprint density at radius 2 is 1.89 bits per heavy atom. The molecular weight excluding hydrogens is 358 g/mol. The molecule has 0 aliphatic rings. The quantitative estimate of drug-likeness (QED) is 0.556. The number of thiophene rings is 1. The lowest BCUT2D eigenvalue weighted by molar-refractivity contribution is -0.116. The summed E-state index contributed by atoms with van der Waals surface area (Å²) in [6.07, 6.45) is 3.67. The number of aryl methyl sites for hydroxylation is 1. The van der Waals surface area contributed by atoms with Crippen LogP contribution in [0.1, 0.15) is 11.1 Å². The Hall–Kier alpha value is -3.19. The van der Waals surface area contributed by atoms with Crippen LogP contribution in [0.15, 0.2) is 66.3 Å². The number of aromatic nitrogens is 4. The minimum atomic E-state index is -0.156. The maximum Gasteiger partial charge on any atom is 0.247 e. The summed E-state index contributed by atoms with van der Waals surface area (Å²) in [6.45, 7) is 2.87. The zero-order valence-corrected chi connectivity index (χ0v) is 15.7. The number of nitrogens with one attached hydrogen (secondary N) is 1. The first-order chi connectivity index (χ1) is 13.2. The lowest BCUT2D eigenvalue weighted by Crippen LogP contribution is -2.19. The third-order valence-corrected chi connectivity index (χ3v) is 5.10. The first-order valence-corrected chi connectivity index (χ1v) is 9.50. The summed E-state index contributed by atoms with van der Waals surface area (Å²) in [4.78, 5) is 13.4. The van der Waals surface area contributed by atoms with E-state index in [1.165, 1.54) is 5.56 Å². The maximum absolute atomic E-state index is 12.3. The number of nitrogens with zero attached hydrogens (tertiary/aromatic N) is 4. The van der Waals surface area contributed by atoms with Crippen LogP contribution in [0, 0.1) is 6.92 Å². The van der Waals surface area contributed by atoms with Crippen LogP contribution in [0.5, 0.6) is 0 Å². The molecule has 0 aliphatic heterocycles. The molecule has 3 aromatic heterocycles. The molecule has 0 saturated carbocycles. The van der Waals surface area contributed by atoms with Gasteiger partial charge in [0.1, 0.15) is 12.2 Å². The zero-order chi connectivity index (χ0) is 18.6. The highest BCUT2D eigenvalue weighted by Crippen LogP contribution is 2.25. The Bertz CT molecular complexity index is 1050. The smallest absolute Gasteiger partial charge is 0.247 e. The van der Waals surface area contributed by atoms with Crippen molar-refractivity contribution in [1.29, 1.82) is 0 Å². The molecule has 1 aromatic carbocycles. The maximum atomic E-state index is 12.3. The number of rotatable bonds is 6. The molecule has 3 heterocycles. The highest BCUT2D eigenvalue weighted by molar-refractivity contribution is 7.13. The first-order valence-electron chi connectivity index (χ1n) is 8.62. The SMILES string of the molecule is Cc1csc(-c2ccn(CC(=O)Nc3ccn(Cc4ccccc4)n3)n2)c1. The van der Waals surface area contributed by atoms with Crippen molar-refractivity contribution < 1.29 is 4.79 Å². The molecule has 0 saturated heterocycles. The van der Waals surface area contributed by atoms with E-state index in [4.69, 9.17) is 0 Å². The molecule has 0 bridgehead atoms. The molecule has 1 N–H and O–H groups in total. The van der Waals surface area contributed by atoms with Gasteiger partial charge in [-0.05, 0) is 35.6 Å². The average molecular weight is 377 g/mol. The van der Waals surface area contributed by atoms with Crippen LogP contribution in [-0.4, -0.2) is 25.5 Å². The Labute approximate surface area is 161 Å². The third-order valence-electron chi connectivity index (χ3n) is 4.02. The fourth-order valence-corrected chi connectivity index (χ4v) is 3.63. The van der Waals surface area contributed by atoms with Crippen molar-refractivity contribution in [2.75, 3.05) is 5.32 Å². The van der Waals surface area contributed by atoms with Gasteiger partial charge in [0.05, 0.1) is 11.4 Å². The molecule has 4 aromatic rings. The third kappa shape index (κ3) is 4.32. The molecule has 1 amide bonds. The first kappa shape index (κ1) is 17.2. The van der Waals surface area contributed by atoms with E-state index in [1.54, 1.807) is 26.8 Å². The molecule has 136 valence electrons. The van der Waals surface area contributed by atoms with Crippen molar-refractivity contribution in [3.05, 3.63) is 77.4 Å². The van der Waals surface area contributed by atoms with Crippen molar-refractivity contribution in [3.63, 3.8) is 0 Å². The zero-order valence-electron chi connectivity index (χ0n) is 14.9. The topological polar surface area (TPSA) is 64.7 Å². The van der Waals surface area contributed by atoms with Gasteiger partial charge >= 0.3 is 0 Å². The Morgan fingerprint density at radius 3 is 2.67 bits per heavy atom. The van der Waals surface area contributed by atoms with Gasteiger partial charge in [-0.25, -0.2) is 0 Å². The lowest BCUT2D eigenvalue weighted by Gasteiger charge is -2.03. The predicted molar refractivity (Wildman–Crippen MR) is 107 cm³/mol. The van der Waals surface area contributed by atoms with E-state index in [0.29, 0.717) is 12.4 Å². The number of hydrogen-bond donors (Lipinski definition) is 1. The molecular formula is C20H19N5OS. The molecule has 27 heavy (non-hydrogen) atoms. The Balaban J connectivity index is 1.35. The molecule has 0 unspecified atom stereocenters. The van der Waals surface area contributed by atoms with Crippen LogP contribution in [0.3, 0.4) is 0 Å². The standard InChI is InChI=1S/C20H19N5OS/c1-15-11-18(27-14-15)17-7-9-25(22-17)13-20(26)21-19-8-10-24(23-19)12-16-5-3-2-4-6-16/h2-11,14H,12-13H2,1H3,(H,21,23,26). The minimum Gasteiger partial charge on any atom is -0.308 e. The van der Waals surface area contributed by atoms with Gasteiger partial charge in [0, 0.05) is 18.5 Å². The van der Waals surface area contributed by atoms with Crippen molar-refractivity contribution in [2.24, 2.45) is 0 Å². The molecule has 0 atom stereocenters. The van der Waals surface area contributed by atoms with Crippen LogP contribution < -0.4 is 5.32 Å². The van der Waals surface area contributed by atoms with Crippen molar-refractivity contribution >= 4 is 23.1 Å². The van der Waals surface area contributed by atoms with Gasteiger partial charge in [0.2, 0.25) is 5.91 Å². The molecule has 0 fully saturated rings. The normalized spacial score (nSPS) is 10.9. The molecule has 7 heteroatoms. The summed E-state index contributed by atoms with van der Waals surface area (Å²) in [6, 6.07) is 15.9. The number of hydrogen-bond acceptors (Lipinski definition) is 4. The van der Waals surface area contributed by atoms with Crippen molar-refractivity contribution in [1.82, 2.24) is 19.6 Å². The molecule has 4 rings (SSSR count). The minimum absolute atomic E-state index is 0.149. The Kier molecular flexibility index (Phi) is 4.84. The van der Waals surface area contributed by atoms with E-state index >= 15 is 0 Å². The van der Waals surface area contributed by atoms with Gasteiger partial charge in [-0.3, -0.25) is 14.2 Å². The van der Waals surface area contributed by atoms with Gasteiger partial charge in [0.15, 0.2) is 5.82 Å². The van der Waals surface area contributed by atoms with Gasteiger partial charge in [0.25, 0.3) is 0 Å². The largest absolute Gasteiger partial charge is 0.308 e. The number of amides is 1. The van der Waals surface area contributed by atoms with E-state index in [9.17, 15) is 4.79 Å². The number of carbonyl (C=O) groups excluding carboxylic acids is 1. The lowest BCUT2D eigenvalue weighted by atomic mass is 10.2. The van der Waals surface area contributed by atoms with Crippen LogP contribution in [0.25, 0.3) is 10.6 Å². The van der Waals surface area contributed by atoms with E-state index in [-0.39, 0.29) is 12.5 Å². The van der Waals surface area contributed by atoms with Crippen LogP contribution >= 0.6 is 11.3 Å². The molecule has 0 aliphatic carbocycles.